The maximum absolute atomic E-state index is 9.05. The number of aliphatic hydroxyl groups excluding tert-OH is 1. The topological polar surface area (TPSA) is 51.6 Å². The van der Waals surface area contributed by atoms with Crippen LogP contribution < -0.4 is 9.47 Å². The summed E-state index contributed by atoms with van der Waals surface area (Å²) in [6.45, 7) is 5.77. The molecular formula is C21H29NO3. The SMILES string of the molecule is CCCCOc1ccc(-c2ccc(CCO)cc2)c(OCCCC)n1. The summed E-state index contributed by atoms with van der Waals surface area (Å²) in [6.07, 6.45) is 4.86. The van der Waals surface area contributed by atoms with Gasteiger partial charge in [-0.1, -0.05) is 51.0 Å². The van der Waals surface area contributed by atoms with Crippen molar-refractivity contribution in [2.24, 2.45) is 0 Å². The Bertz CT molecular complexity index is 626. The second-order valence-corrected chi connectivity index (χ2v) is 6.08. The molecule has 1 heterocycles. The molecule has 0 fully saturated rings. The number of pyridine rings is 1. The van der Waals surface area contributed by atoms with Crippen molar-refractivity contribution < 1.29 is 14.6 Å². The molecule has 4 heteroatoms. The van der Waals surface area contributed by atoms with Gasteiger partial charge >= 0.3 is 0 Å². The smallest absolute Gasteiger partial charge is 0.224 e. The maximum Gasteiger partial charge on any atom is 0.224 e. The van der Waals surface area contributed by atoms with Crippen LogP contribution in [0.1, 0.15) is 45.1 Å². The van der Waals surface area contributed by atoms with E-state index in [1.807, 2.05) is 36.4 Å². The predicted octanol–water partition coefficient (Wildman–Crippen LogP) is 4.64. The quantitative estimate of drug-likeness (QED) is 0.604. The van der Waals surface area contributed by atoms with Crippen LogP contribution in [0.5, 0.6) is 11.8 Å². The summed E-state index contributed by atoms with van der Waals surface area (Å²) in [5, 5.41) is 9.05. The molecule has 0 spiro atoms. The number of ether oxygens (including phenoxy) is 2. The zero-order valence-corrected chi connectivity index (χ0v) is 15.3. The van der Waals surface area contributed by atoms with Gasteiger partial charge in [-0.25, -0.2) is 0 Å². The van der Waals surface area contributed by atoms with Crippen LogP contribution in [0.15, 0.2) is 36.4 Å². The molecule has 4 nitrogen and oxygen atoms in total. The van der Waals surface area contributed by atoms with Crippen molar-refractivity contribution in [1.82, 2.24) is 4.98 Å². The Balaban J connectivity index is 2.21. The van der Waals surface area contributed by atoms with Gasteiger partial charge in [0.2, 0.25) is 11.8 Å². The standard InChI is InChI=1S/C21H29NO3/c1-3-5-15-24-20-12-11-19(21(22-20)25-16-6-4-2)18-9-7-17(8-10-18)13-14-23/h7-12,23H,3-6,13-16H2,1-2H3. The molecule has 0 saturated heterocycles. The lowest BCUT2D eigenvalue weighted by Gasteiger charge is -2.13. The number of hydrogen-bond donors (Lipinski definition) is 1. The molecule has 0 amide bonds. The normalized spacial score (nSPS) is 10.7. The van der Waals surface area contributed by atoms with E-state index in [4.69, 9.17) is 14.6 Å². The van der Waals surface area contributed by atoms with Gasteiger partial charge in [0.05, 0.1) is 13.2 Å². The van der Waals surface area contributed by atoms with Gasteiger partial charge in [0.25, 0.3) is 0 Å². The lowest BCUT2D eigenvalue weighted by Crippen LogP contribution is -2.03. The summed E-state index contributed by atoms with van der Waals surface area (Å²) >= 11 is 0. The van der Waals surface area contributed by atoms with E-state index < -0.39 is 0 Å². The average molecular weight is 343 g/mol. The van der Waals surface area contributed by atoms with Crippen molar-refractivity contribution in [2.75, 3.05) is 19.8 Å². The highest BCUT2D eigenvalue weighted by molar-refractivity contribution is 5.69. The minimum Gasteiger partial charge on any atom is -0.478 e. The molecule has 0 aliphatic rings. The monoisotopic (exact) mass is 343 g/mol. The molecule has 2 rings (SSSR count). The van der Waals surface area contributed by atoms with Crippen molar-refractivity contribution in [3.8, 4) is 22.9 Å². The Labute approximate surface area is 150 Å². The molecule has 1 aromatic carbocycles. The van der Waals surface area contributed by atoms with Crippen LogP contribution >= 0.6 is 0 Å². The molecule has 0 unspecified atom stereocenters. The van der Waals surface area contributed by atoms with E-state index >= 15 is 0 Å². The second-order valence-electron chi connectivity index (χ2n) is 6.08. The number of unbranched alkanes of at least 4 members (excludes halogenated alkanes) is 2. The molecule has 0 aliphatic carbocycles. The van der Waals surface area contributed by atoms with Gasteiger partial charge in [0.1, 0.15) is 0 Å². The lowest BCUT2D eigenvalue weighted by molar-refractivity contribution is 0.274. The van der Waals surface area contributed by atoms with Gasteiger partial charge in [-0.05, 0) is 36.5 Å². The Hall–Kier alpha value is -2.07. The number of benzene rings is 1. The fourth-order valence-corrected chi connectivity index (χ4v) is 2.45. The first kappa shape index (κ1) is 19.3. The number of aromatic nitrogens is 1. The Morgan fingerprint density at radius 2 is 1.56 bits per heavy atom. The number of aliphatic hydroxyl groups is 1. The fraction of sp³-hybridized carbons (Fsp3) is 0.476. The van der Waals surface area contributed by atoms with Crippen molar-refractivity contribution in [3.63, 3.8) is 0 Å². The number of rotatable bonds is 11. The molecule has 0 saturated carbocycles. The van der Waals surface area contributed by atoms with Crippen molar-refractivity contribution in [2.45, 2.75) is 46.0 Å². The van der Waals surface area contributed by atoms with Gasteiger partial charge in [-0.15, -0.1) is 0 Å². The van der Waals surface area contributed by atoms with E-state index in [1.54, 1.807) is 0 Å². The summed E-state index contributed by atoms with van der Waals surface area (Å²) in [6, 6.07) is 12.1. The number of hydrogen-bond acceptors (Lipinski definition) is 4. The predicted molar refractivity (Wildman–Crippen MR) is 101 cm³/mol. The van der Waals surface area contributed by atoms with Crippen molar-refractivity contribution >= 4 is 0 Å². The van der Waals surface area contributed by atoms with Crippen LogP contribution in [-0.2, 0) is 6.42 Å². The highest BCUT2D eigenvalue weighted by Crippen LogP contribution is 2.31. The molecule has 2 aromatic rings. The summed E-state index contributed by atoms with van der Waals surface area (Å²) in [7, 11) is 0. The van der Waals surface area contributed by atoms with E-state index in [0.717, 1.165) is 42.4 Å². The average Bonchev–Trinajstić information content (AvgIpc) is 2.64. The van der Waals surface area contributed by atoms with Crippen molar-refractivity contribution in [1.29, 1.82) is 0 Å². The van der Waals surface area contributed by atoms with Crippen LogP contribution in [0.3, 0.4) is 0 Å². The minimum atomic E-state index is 0.163. The lowest BCUT2D eigenvalue weighted by atomic mass is 10.0. The van der Waals surface area contributed by atoms with Gasteiger partial charge in [0.15, 0.2) is 0 Å². The largest absolute Gasteiger partial charge is 0.478 e. The molecule has 0 atom stereocenters. The maximum atomic E-state index is 9.05. The van der Waals surface area contributed by atoms with Crippen LogP contribution in [0.4, 0.5) is 0 Å². The summed E-state index contributed by atoms with van der Waals surface area (Å²) in [5.41, 5.74) is 3.14. The molecule has 136 valence electrons. The van der Waals surface area contributed by atoms with Crippen molar-refractivity contribution in [3.05, 3.63) is 42.0 Å². The van der Waals surface area contributed by atoms with Crippen LogP contribution in [-0.4, -0.2) is 29.9 Å². The molecule has 25 heavy (non-hydrogen) atoms. The molecular weight excluding hydrogens is 314 g/mol. The Morgan fingerprint density at radius 3 is 2.20 bits per heavy atom. The van der Waals surface area contributed by atoms with Crippen LogP contribution in [0.2, 0.25) is 0 Å². The van der Waals surface area contributed by atoms with E-state index in [0.29, 0.717) is 31.4 Å². The van der Waals surface area contributed by atoms with Crippen LogP contribution in [0, 0.1) is 0 Å². The summed E-state index contributed by atoms with van der Waals surface area (Å²) in [5.74, 6) is 1.23. The Morgan fingerprint density at radius 1 is 0.880 bits per heavy atom. The second kappa shape index (κ2) is 10.7. The summed E-state index contributed by atoms with van der Waals surface area (Å²) < 4.78 is 11.6. The number of nitrogens with zero attached hydrogens (tertiary/aromatic N) is 1. The zero-order chi connectivity index (χ0) is 17.9. The molecule has 0 aliphatic heterocycles. The van der Waals surface area contributed by atoms with Gasteiger partial charge in [-0.3, -0.25) is 0 Å². The van der Waals surface area contributed by atoms with E-state index in [2.05, 4.69) is 18.8 Å². The fourth-order valence-electron chi connectivity index (χ4n) is 2.45. The van der Waals surface area contributed by atoms with Gasteiger partial charge < -0.3 is 14.6 Å². The third-order valence-electron chi connectivity index (χ3n) is 3.98. The molecule has 0 bridgehead atoms. The third kappa shape index (κ3) is 6.05. The van der Waals surface area contributed by atoms with Gasteiger partial charge in [0, 0.05) is 18.2 Å². The van der Waals surface area contributed by atoms with E-state index in [-0.39, 0.29) is 6.61 Å². The van der Waals surface area contributed by atoms with E-state index in [1.165, 1.54) is 0 Å². The first-order chi connectivity index (χ1) is 12.3. The molecule has 1 aromatic heterocycles. The minimum absolute atomic E-state index is 0.163. The van der Waals surface area contributed by atoms with Gasteiger partial charge in [-0.2, -0.15) is 4.98 Å². The molecule has 0 radical (unpaired) electrons. The van der Waals surface area contributed by atoms with Crippen LogP contribution in [0.25, 0.3) is 11.1 Å². The van der Waals surface area contributed by atoms with E-state index in [9.17, 15) is 0 Å². The zero-order valence-electron chi connectivity index (χ0n) is 15.3. The first-order valence-corrected chi connectivity index (χ1v) is 9.25. The Kier molecular flexibility index (Phi) is 8.26. The first-order valence-electron chi connectivity index (χ1n) is 9.25. The third-order valence-corrected chi connectivity index (χ3v) is 3.98. The molecule has 1 N–H and O–H groups in total. The highest BCUT2D eigenvalue weighted by atomic mass is 16.5. The summed E-state index contributed by atoms with van der Waals surface area (Å²) in [4.78, 5) is 4.57. The highest BCUT2D eigenvalue weighted by Gasteiger charge is 2.11.